The summed E-state index contributed by atoms with van der Waals surface area (Å²) in [6.07, 6.45) is -3.46. The van der Waals surface area contributed by atoms with E-state index in [1.165, 1.54) is 61.2 Å². The molecule has 0 amide bonds. The van der Waals surface area contributed by atoms with Crippen LogP contribution in [0.4, 0.5) is 13.2 Å². The van der Waals surface area contributed by atoms with Crippen molar-refractivity contribution >= 4 is 75.5 Å². The van der Waals surface area contributed by atoms with Crippen molar-refractivity contribution in [1.29, 1.82) is 0 Å². The Kier molecular flexibility index (Phi) is 5.50. The van der Waals surface area contributed by atoms with E-state index >= 15 is 0 Å². The van der Waals surface area contributed by atoms with Crippen LogP contribution in [0.15, 0.2) is 36.5 Å². The lowest BCUT2D eigenvalue weighted by molar-refractivity contribution is -0.137. The van der Waals surface area contributed by atoms with E-state index in [0.717, 1.165) is 21.8 Å². The molecular weight excluding hydrogens is 544 g/mol. The molecule has 6 aromatic rings. The van der Waals surface area contributed by atoms with Crippen LogP contribution in [0.3, 0.4) is 0 Å². The highest BCUT2D eigenvalue weighted by Crippen LogP contribution is 2.55. The predicted molar refractivity (Wildman–Crippen MR) is 149 cm³/mol. The third-order valence-corrected chi connectivity index (χ3v) is 11.8. The van der Waals surface area contributed by atoms with E-state index in [2.05, 4.69) is 50.9 Å². The second kappa shape index (κ2) is 8.24. The molecule has 6 aromatic heterocycles. The van der Waals surface area contributed by atoms with Crippen LogP contribution in [0.5, 0.6) is 0 Å². The Hall–Kier alpha value is -2.04. The number of hydrogen-bond donors (Lipinski definition) is 0. The highest BCUT2D eigenvalue weighted by atomic mass is 32.1. The first-order valence-corrected chi connectivity index (χ1v) is 14.9. The van der Waals surface area contributed by atoms with Crippen molar-refractivity contribution < 1.29 is 13.2 Å². The average molecular weight is 562 g/mol. The number of rotatable bonds is 3. The SMILES string of the molecule is Cc1cc(-c2sc3c(sc4cc(-c5ccc(C(F)(F)F)cn5)sc43)c2-c2cc(C)sc2C)c(C)s1. The first-order valence-electron chi connectivity index (χ1n) is 10.8. The monoisotopic (exact) mass is 561 g/mol. The van der Waals surface area contributed by atoms with E-state index in [1.54, 1.807) is 22.7 Å². The van der Waals surface area contributed by atoms with Gasteiger partial charge in [0, 0.05) is 46.4 Å². The predicted octanol–water partition coefficient (Wildman–Crippen LogP) is 10.9. The molecule has 6 rings (SSSR count). The Morgan fingerprint density at radius 2 is 1.40 bits per heavy atom. The number of alkyl halides is 3. The summed E-state index contributed by atoms with van der Waals surface area (Å²) < 4.78 is 43.8. The maximum absolute atomic E-state index is 13.0. The first-order chi connectivity index (χ1) is 16.6. The molecule has 0 N–H and O–H groups in total. The topological polar surface area (TPSA) is 12.9 Å². The van der Waals surface area contributed by atoms with Crippen molar-refractivity contribution in [2.24, 2.45) is 0 Å². The summed E-state index contributed by atoms with van der Waals surface area (Å²) in [7, 11) is 0. The summed E-state index contributed by atoms with van der Waals surface area (Å²) in [5.41, 5.74) is 3.77. The van der Waals surface area contributed by atoms with Gasteiger partial charge in [0.25, 0.3) is 0 Å². The molecule has 9 heteroatoms. The van der Waals surface area contributed by atoms with Crippen molar-refractivity contribution in [2.45, 2.75) is 33.9 Å². The maximum atomic E-state index is 13.0. The van der Waals surface area contributed by atoms with Gasteiger partial charge in [-0.3, -0.25) is 4.98 Å². The fourth-order valence-corrected chi connectivity index (χ4v) is 10.6. The number of nitrogens with zero attached hydrogens (tertiary/aromatic N) is 1. The summed E-state index contributed by atoms with van der Waals surface area (Å²) in [6.45, 7) is 8.68. The standard InChI is InChI=1S/C26H18F3NS5/c1-11-7-16(13(3)31-11)21-22(17-8-12(2)32-14(17)4)35-25-23-20(34-24(21)25)9-19(33-23)18-6-5-15(10-30-18)26(27,28)29/h5-10H,1-4H3. The lowest BCUT2D eigenvalue weighted by atomic mass is 10.0. The van der Waals surface area contributed by atoms with E-state index in [-0.39, 0.29) is 0 Å². The van der Waals surface area contributed by atoms with Gasteiger partial charge in [-0.1, -0.05) is 0 Å². The molecule has 6 heterocycles. The lowest BCUT2D eigenvalue weighted by Gasteiger charge is -2.05. The molecule has 0 atom stereocenters. The van der Waals surface area contributed by atoms with E-state index in [0.29, 0.717) is 5.69 Å². The third kappa shape index (κ3) is 3.88. The van der Waals surface area contributed by atoms with E-state index in [4.69, 9.17) is 0 Å². The van der Waals surface area contributed by atoms with Gasteiger partial charge in [-0.2, -0.15) is 13.2 Å². The van der Waals surface area contributed by atoms with Gasteiger partial charge in [-0.25, -0.2) is 0 Å². The van der Waals surface area contributed by atoms with Crippen LogP contribution in [0.2, 0.25) is 0 Å². The summed E-state index contributed by atoms with van der Waals surface area (Å²) in [4.78, 5) is 11.6. The molecule has 0 bridgehead atoms. The molecule has 0 saturated heterocycles. The van der Waals surface area contributed by atoms with Crippen LogP contribution >= 0.6 is 56.7 Å². The second-order valence-electron chi connectivity index (χ2n) is 8.45. The summed E-state index contributed by atoms with van der Waals surface area (Å²) in [5.74, 6) is 0. The van der Waals surface area contributed by atoms with E-state index in [1.807, 2.05) is 34.0 Å². The fraction of sp³-hybridized carbons (Fsp3) is 0.192. The van der Waals surface area contributed by atoms with E-state index in [9.17, 15) is 13.2 Å². The number of pyridine rings is 1. The minimum absolute atomic E-state index is 0.574. The van der Waals surface area contributed by atoms with Crippen molar-refractivity contribution in [3.63, 3.8) is 0 Å². The largest absolute Gasteiger partial charge is 0.417 e. The minimum Gasteiger partial charge on any atom is -0.255 e. The van der Waals surface area contributed by atoms with Gasteiger partial charge < -0.3 is 0 Å². The van der Waals surface area contributed by atoms with Crippen LogP contribution < -0.4 is 0 Å². The molecule has 1 nitrogen and oxygen atoms in total. The van der Waals surface area contributed by atoms with Gasteiger partial charge >= 0.3 is 6.18 Å². The van der Waals surface area contributed by atoms with Crippen LogP contribution in [0.25, 0.3) is 50.9 Å². The zero-order valence-corrected chi connectivity index (χ0v) is 23.2. The number of thiophene rings is 5. The number of aromatic nitrogens is 1. The summed E-state index contributed by atoms with van der Waals surface area (Å²) in [6, 6.07) is 9.23. The van der Waals surface area contributed by atoms with Crippen LogP contribution in [0, 0.1) is 27.7 Å². The molecule has 0 aliphatic carbocycles. The molecular formula is C26H18F3NS5. The van der Waals surface area contributed by atoms with Gasteiger partial charge in [0.05, 0.1) is 30.2 Å². The molecule has 0 aliphatic heterocycles. The Bertz CT molecular complexity index is 1720. The molecule has 35 heavy (non-hydrogen) atoms. The molecule has 0 aliphatic rings. The number of hydrogen-bond acceptors (Lipinski definition) is 6. The molecule has 0 spiro atoms. The Labute approximate surface area is 220 Å². The van der Waals surface area contributed by atoms with Gasteiger partial charge in [0.15, 0.2) is 0 Å². The van der Waals surface area contributed by atoms with Gasteiger partial charge in [0.1, 0.15) is 0 Å². The highest BCUT2D eigenvalue weighted by Gasteiger charge is 2.31. The Morgan fingerprint density at radius 1 is 0.714 bits per heavy atom. The minimum atomic E-state index is -4.38. The number of fused-ring (bicyclic) bond motifs is 3. The second-order valence-corrected chi connectivity index (χ2v) is 14.5. The molecule has 0 radical (unpaired) electrons. The fourth-order valence-electron chi connectivity index (χ4n) is 4.38. The van der Waals surface area contributed by atoms with Gasteiger partial charge in [-0.05, 0) is 63.6 Å². The quantitative estimate of drug-likeness (QED) is 0.209. The Morgan fingerprint density at radius 3 is 1.97 bits per heavy atom. The summed E-state index contributed by atoms with van der Waals surface area (Å²) in [5, 5.41) is 0. The molecule has 0 unspecified atom stereocenters. The lowest BCUT2D eigenvalue weighted by Crippen LogP contribution is -2.04. The molecule has 0 fully saturated rings. The number of aryl methyl sites for hydroxylation is 4. The van der Waals surface area contributed by atoms with Crippen molar-refractivity contribution in [1.82, 2.24) is 4.98 Å². The molecule has 178 valence electrons. The third-order valence-electron chi connectivity index (χ3n) is 5.92. The van der Waals surface area contributed by atoms with Crippen LogP contribution in [-0.4, -0.2) is 4.98 Å². The van der Waals surface area contributed by atoms with Crippen LogP contribution in [0.1, 0.15) is 25.1 Å². The zero-order valence-electron chi connectivity index (χ0n) is 19.1. The maximum Gasteiger partial charge on any atom is 0.417 e. The van der Waals surface area contributed by atoms with Crippen molar-refractivity contribution in [3.05, 3.63) is 61.6 Å². The highest BCUT2D eigenvalue weighted by molar-refractivity contribution is 7.40. The smallest absolute Gasteiger partial charge is 0.255 e. The van der Waals surface area contributed by atoms with Gasteiger partial charge in [0.2, 0.25) is 0 Å². The number of halogens is 3. The molecule has 0 aromatic carbocycles. The van der Waals surface area contributed by atoms with Crippen molar-refractivity contribution in [3.8, 4) is 32.1 Å². The van der Waals surface area contributed by atoms with E-state index < -0.39 is 11.7 Å². The Balaban J connectivity index is 1.55. The first kappa shape index (κ1) is 23.4. The zero-order chi connectivity index (χ0) is 24.6. The normalized spacial score (nSPS) is 12.4. The van der Waals surface area contributed by atoms with Crippen molar-refractivity contribution in [2.75, 3.05) is 0 Å². The summed E-state index contributed by atoms with van der Waals surface area (Å²) >= 11 is 8.87. The van der Waals surface area contributed by atoms with Crippen LogP contribution in [-0.2, 0) is 6.18 Å². The average Bonchev–Trinajstić information content (AvgIpc) is 3.55. The molecule has 0 saturated carbocycles. The van der Waals surface area contributed by atoms with Gasteiger partial charge in [-0.15, -0.1) is 56.7 Å².